The molecule has 120 valence electrons. The molecule has 0 radical (unpaired) electrons. The first-order valence-corrected chi connectivity index (χ1v) is 7.29. The molecule has 2 unspecified atom stereocenters. The Bertz CT molecular complexity index is 506. The van der Waals surface area contributed by atoms with Crippen molar-refractivity contribution in [3.8, 4) is 5.75 Å². The molecular formula is C17H22O5. The molecule has 0 saturated heterocycles. The molecule has 22 heavy (non-hydrogen) atoms. The minimum absolute atomic E-state index is 0.158. The molecule has 0 amide bonds. The number of hydrogen-bond acceptors (Lipinski definition) is 4. The number of carboxylic acids is 1. The Balaban J connectivity index is 2.76. The van der Waals surface area contributed by atoms with E-state index in [-0.39, 0.29) is 12.0 Å². The summed E-state index contributed by atoms with van der Waals surface area (Å²) >= 11 is 0. The third-order valence-electron chi connectivity index (χ3n) is 3.30. The Morgan fingerprint density at radius 2 is 2.00 bits per heavy atom. The Labute approximate surface area is 130 Å². The zero-order valence-electron chi connectivity index (χ0n) is 12.7. The van der Waals surface area contributed by atoms with Gasteiger partial charge >= 0.3 is 5.97 Å². The molecule has 0 bridgehead atoms. The van der Waals surface area contributed by atoms with Crippen LogP contribution in [0.25, 0.3) is 0 Å². The Kier molecular flexibility index (Phi) is 7.32. The van der Waals surface area contributed by atoms with E-state index in [0.29, 0.717) is 24.0 Å². The molecule has 1 rings (SSSR count). The molecule has 0 aliphatic rings. The van der Waals surface area contributed by atoms with E-state index in [2.05, 4.69) is 6.58 Å². The second-order valence-electron chi connectivity index (χ2n) is 5.18. The van der Waals surface area contributed by atoms with Crippen molar-refractivity contribution < 1.29 is 24.5 Å². The van der Waals surface area contributed by atoms with Crippen LogP contribution in [-0.2, 0) is 4.79 Å². The van der Waals surface area contributed by atoms with Gasteiger partial charge in [-0.15, -0.1) is 0 Å². The highest BCUT2D eigenvalue weighted by Crippen LogP contribution is 2.20. The van der Waals surface area contributed by atoms with Crippen LogP contribution in [0, 0.1) is 0 Å². The Hall–Kier alpha value is -2.14. The zero-order chi connectivity index (χ0) is 16.5. The molecule has 2 atom stereocenters. The summed E-state index contributed by atoms with van der Waals surface area (Å²) in [5.74, 6) is -0.515. The van der Waals surface area contributed by atoms with Crippen LogP contribution in [0.15, 0.2) is 36.4 Å². The van der Waals surface area contributed by atoms with Gasteiger partial charge in [0.2, 0.25) is 0 Å². The maximum Gasteiger partial charge on any atom is 0.335 e. The van der Waals surface area contributed by atoms with Crippen molar-refractivity contribution >= 4 is 12.3 Å². The molecule has 1 aromatic rings. The van der Waals surface area contributed by atoms with E-state index in [1.165, 1.54) is 12.1 Å². The molecule has 0 aliphatic heterocycles. The van der Waals surface area contributed by atoms with Gasteiger partial charge in [0, 0.05) is 6.42 Å². The van der Waals surface area contributed by atoms with E-state index in [1.807, 2.05) is 6.92 Å². The fourth-order valence-electron chi connectivity index (χ4n) is 2.03. The minimum atomic E-state index is -1.00. The molecule has 0 aromatic heterocycles. The number of benzene rings is 1. The quantitative estimate of drug-likeness (QED) is 0.513. The van der Waals surface area contributed by atoms with Crippen molar-refractivity contribution in [2.24, 2.45) is 0 Å². The number of carbonyl (C=O) groups excluding carboxylic acids is 1. The van der Waals surface area contributed by atoms with E-state index in [1.54, 1.807) is 12.1 Å². The normalized spacial score (nSPS) is 13.2. The lowest BCUT2D eigenvalue weighted by Crippen LogP contribution is -2.32. The number of carboxylic acid groups (broad SMARTS) is 1. The van der Waals surface area contributed by atoms with E-state index in [9.17, 15) is 14.7 Å². The third kappa shape index (κ3) is 5.69. The van der Waals surface area contributed by atoms with Crippen LogP contribution in [0.3, 0.4) is 0 Å². The van der Waals surface area contributed by atoms with Gasteiger partial charge in [0.05, 0.1) is 11.7 Å². The SMILES string of the molecule is C=C(C=O)CC(O)C(CCCC)Oc1ccc(C(=O)O)cc1. The number of ether oxygens (including phenoxy) is 1. The summed E-state index contributed by atoms with van der Waals surface area (Å²) in [6.07, 6.45) is 1.97. The topological polar surface area (TPSA) is 83.8 Å². The number of rotatable bonds is 10. The van der Waals surface area contributed by atoms with Crippen molar-refractivity contribution in [2.45, 2.75) is 44.8 Å². The van der Waals surface area contributed by atoms with Gasteiger partial charge in [-0.25, -0.2) is 4.79 Å². The smallest absolute Gasteiger partial charge is 0.335 e. The maximum absolute atomic E-state index is 10.8. The van der Waals surface area contributed by atoms with Gasteiger partial charge in [-0.3, -0.25) is 4.79 Å². The number of aromatic carboxylic acids is 1. The van der Waals surface area contributed by atoms with Crippen molar-refractivity contribution in [3.05, 3.63) is 42.0 Å². The lowest BCUT2D eigenvalue weighted by Gasteiger charge is -2.24. The maximum atomic E-state index is 10.8. The lowest BCUT2D eigenvalue weighted by atomic mass is 10.0. The van der Waals surface area contributed by atoms with E-state index in [4.69, 9.17) is 9.84 Å². The van der Waals surface area contributed by atoms with Crippen molar-refractivity contribution in [1.29, 1.82) is 0 Å². The highest BCUT2D eigenvalue weighted by Gasteiger charge is 2.21. The molecule has 1 aromatic carbocycles. The fraction of sp³-hybridized carbons (Fsp3) is 0.412. The summed E-state index contributed by atoms with van der Waals surface area (Å²) in [4.78, 5) is 21.4. The molecule has 0 fully saturated rings. The molecule has 5 heteroatoms. The largest absolute Gasteiger partial charge is 0.488 e. The van der Waals surface area contributed by atoms with Crippen molar-refractivity contribution in [2.75, 3.05) is 0 Å². The first kappa shape index (κ1) is 17.9. The van der Waals surface area contributed by atoms with E-state index in [0.717, 1.165) is 12.8 Å². The monoisotopic (exact) mass is 306 g/mol. The van der Waals surface area contributed by atoms with Gasteiger partial charge in [0.1, 0.15) is 18.1 Å². The average molecular weight is 306 g/mol. The standard InChI is InChI=1S/C17H22O5/c1-3-4-5-16(15(19)10-12(2)11-18)22-14-8-6-13(7-9-14)17(20)21/h6-9,11,15-16,19H,2-5,10H2,1H3,(H,20,21). The van der Waals surface area contributed by atoms with Crippen molar-refractivity contribution in [3.63, 3.8) is 0 Å². The van der Waals surface area contributed by atoms with Crippen LogP contribution in [0.2, 0.25) is 0 Å². The summed E-state index contributed by atoms with van der Waals surface area (Å²) in [6.45, 7) is 5.60. The van der Waals surface area contributed by atoms with Crippen molar-refractivity contribution in [1.82, 2.24) is 0 Å². The number of aldehydes is 1. The van der Waals surface area contributed by atoms with Crippen LogP contribution in [-0.4, -0.2) is 34.7 Å². The number of hydrogen-bond donors (Lipinski definition) is 2. The number of aliphatic hydroxyl groups excluding tert-OH is 1. The second kappa shape index (κ2) is 9.00. The predicted molar refractivity (Wildman–Crippen MR) is 83.2 cm³/mol. The van der Waals surface area contributed by atoms with Gasteiger partial charge < -0.3 is 14.9 Å². The van der Waals surface area contributed by atoms with Crippen LogP contribution in [0.4, 0.5) is 0 Å². The molecule has 0 aliphatic carbocycles. The zero-order valence-corrected chi connectivity index (χ0v) is 12.7. The predicted octanol–water partition coefficient (Wildman–Crippen LogP) is 2.83. The summed E-state index contributed by atoms with van der Waals surface area (Å²) in [5.41, 5.74) is 0.492. The highest BCUT2D eigenvalue weighted by molar-refractivity contribution is 5.87. The third-order valence-corrected chi connectivity index (χ3v) is 3.30. The highest BCUT2D eigenvalue weighted by atomic mass is 16.5. The Morgan fingerprint density at radius 3 is 2.50 bits per heavy atom. The average Bonchev–Trinajstić information content (AvgIpc) is 2.51. The Morgan fingerprint density at radius 1 is 1.36 bits per heavy atom. The number of unbranched alkanes of at least 4 members (excludes halogenated alkanes) is 1. The molecular weight excluding hydrogens is 284 g/mol. The summed E-state index contributed by atoms with van der Waals surface area (Å²) in [5, 5.41) is 19.1. The minimum Gasteiger partial charge on any atom is -0.488 e. The summed E-state index contributed by atoms with van der Waals surface area (Å²) in [7, 11) is 0. The van der Waals surface area contributed by atoms with E-state index >= 15 is 0 Å². The summed E-state index contributed by atoms with van der Waals surface area (Å²) < 4.78 is 5.76. The van der Waals surface area contributed by atoms with Gasteiger partial charge in [-0.05, 0) is 42.7 Å². The first-order chi connectivity index (χ1) is 10.5. The van der Waals surface area contributed by atoms with Gasteiger partial charge in [0.25, 0.3) is 0 Å². The first-order valence-electron chi connectivity index (χ1n) is 7.29. The summed E-state index contributed by atoms with van der Waals surface area (Å²) in [6, 6.07) is 6.02. The second-order valence-corrected chi connectivity index (χ2v) is 5.18. The fourth-order valence-corrected chi connectivity index (χ4v) is 2.03. The van der Waals surface area contributed by atoms with Crippen LogP contribution < -0.4 is 4.74 Å². The lowest BCUT2D eigenvalue weighted by molar-refractivity contribution is -0.105. The molecule has 5 nitrogen and oxygen atoms in total. The van der Waals surface area contributed by atoms with Crippen LogP contribution in [0.5, 0.6) is 5.75 Å². The molecule has 0 heterocycles. The van der Waals surface area contributed by atoms with Gasteiger partial charge in [-0.1, -0.05) is 19.9 Å². The van der Waals surface area contributed by atoms with Crippen LogP contribution >= 0.6 is 0 Å². The van der Waals surface area contributed by atoms with Gasteiger partial charge in [-0.2, -0.15) is 0 Å². The van der Waals surface area contributed by atoms with Crippen LogP contribution in [0.1, 0.15) is 43.0 Å². The molecule has 0 spiro atoms. The number of aliphatic hydroxyl groups is 1. The van der Waals surface area contributed by atoms with E-state index < -0.39 is 18.2 Å². The van der Waals surface area contributed by atoms with Gasteiger partial charge in [0.15, 0.2) is 0 Å². The molecule has 2 N–H and O–H groups in total. The molecule has 0 saturated carbocycles. The number of carbonyl (C=O) groups is 2.